The van der Waals surface area contributed by atoms with Crippen molar-refractivity contribution < 1.29 is 8.78 Å². The predicted octanol–water partition coefficient (Wildman–Crippen LogP) is 5.99. The van der Waals surface area contributed by atoms with E-state index in [2.05, 4.69) is 43.8 Å². The number of hydrogen-bond acceptors (Lipinski definition) is 6. The van der Waals surface area contributed by atoms with E-state index in [-0.39, 0.29) is 17.5 Å². The number of nitrogens with zero attached hydrogens (tertiary/aromatic N) is 6. The van der Waals surface area contributed by atoms with Gasteiger partial charge in [-0.3, -0.25) is 4.98 Å². The minimum Gasteiger partial charge on any atom is -0.341 e. The maximum absolute atomic E-state index is 14.2. The van der Waals surface area contributed by atoms with Gasteiger partial charge in [0.05, 0.1) is 29.8 Å². The summed E-state index contributed by atoms with van der Waals surface area (Å²) in [6.45, 7) is 4.62. The number of halogens is 2. The highest BCUT2D eigenvalue weighted by Crippen LogP contribution is 2.46. The molecule has 1 saturated heterocycles. The van der Waals surface area contributed by atoms with Gasteiger partial charge in [-0.15, -0.1) is 0 Å². The van der Waals surface area contributed by atoms with E-state index in [0.29, 0.717) is 23.9 Å². The molecule has 5 rings (SSSR count). The third-order valence-corrected chi connectivity index (χ3v) is 7.47. The Morgan fingerprint density at radius 3 is 2.42 bits per heavy atom. The third-order valence-electron chi connectivity index (χ3n) is 7.47. The molecule has 0 spiro atoms. The van der Waals surface area contributed by atoms with Gasteiger partial charge in [-0.1, -0.05) is 13.0 Å². The van der Waals surface area contributed by atoms with E-state index in [1.54, 1.807) is 18.5 Å². The van der Waals surface area contributed by atoms with Crippen LogP contribution in [0.15, 0.2) is 54.3 Å². The Labute approximate surface area is 211 Å². The number of piperidine rings is 1. The smallest absolute Gasteiger partial charge is 0.266 e. The van der Waals surface area contributed by atoms with Crippen LogP contribution in [0.25, 0.3) is 0 Å². The fourth-order valence-electron chi connectivity index (χ4n) is 5.43. The molecule has 2 aromatic rings. The van der Waals surface area contributed by atoms with Crippen molar-refractivity contribution in [2.24, 2.45) is 5.92 Å². The van der Waals surface area contributed by atoms with Gasteiger partial charge in [-0.2, -0.15) is 5.26 Å². The molecule has 6 nitrogen and oxygen atoms in total. The maximum atomic E-state index is 14.2. The SMILES string of the molecule is CC1CC(N(c2cnccc2C2CC2)C2CCN(c3ncc(C#N)cn3)CC2)=CC=C(C(C)(F)F)C1. The topological polar surface area (TPSA) is 68.9 Å². The van der Waals surface area contributed by atoms with Crippen LogP contribution in [0.2, 0.25) is 0 Å². The zero-order chi connectivity index (χ0) is 25.3. The van der Waals surface area contributed by atoms with Gasteiger partial charge in [0.25, 0.3) is 5.92 Å². The van der Waals surface area contributed by atoms with E-state index in [0.717, 1.165) is 50.7 Å². The molecule has 2 aromatic heterocycles. The number of allylic oxidation sites excluding steroid dienone is 4. The molecule has 8 heteroatoms. The van der Waals surface area contributed by atoms with Gasteiger partial charge in [0.15, 0.2) is 0 Å². The van der Waals surface area contributed by atoms with Crippen molar-refractivity contribution >= 4 is 11.6 Å². The van der Waals surface area contributed by atoms with Crippen molar-refractivity contribution in [3.63, 3.8) is 0 Å². The highest BCUT2D eigenvalue weighted by atomic mass is 19.3. The molecular weight excluding hydrogens is 458 g/mol. The average Bonchev–Trinajstić information content (AvgIpc) is 3.73. The first-order chi connectivity index (χ1) is 17.3. The van der Waals surface area contributed by atoms with Crippen molar-refractivity contribution in [1.29, 1.82) is 5.26 Å². The number of alkyl halides is 2. The lowest BCUT2D eigenvalue weighted by atomic mass is 9.94. The summed E-state index contributed by atoms with van der Waals surface area (Å²) in [7, 11) is 0. The van der Waals surface area contributed by atoms with Gasteiger partial charge in [0.1, 0.15) is 6.07 Å². The number of hydrogen-bond donors (Lipinski definition) is 0. The van der Waals surface area contributed by atoms with Gasteiger partial charge in [-0.05, 0) is 73.6 Å². The molecule has 3 heterocycles. The lowest BCUT2D eigenvalue weighted by molar-refractivity contribution is 0.0575. The maximum Gasteiger partial charge on any atom is 0.266 e. The lowest BCUT2D eigenvalue weighted by Gasteiger charge is -2.42. The van der Waals surface area contributed by atoms with Crippen LogP contribution in [0.4, 0.5) is 20.4 Å². The van der Waals surface area contributed by atoms with Crippen LogP contribution < -0.4 is 9.80 Å². The Hall–Kier alpha value is -3.34. The van der Waals surface area contributed by atoms with Crippen molar-refractivity contribution in [1.82, 2.24) is 15.0 Å². The quantitative estimate of drug-likeness (QED) is 0.495. The van der Waals surface area contributed by atoms with Crippen LogP contribution in [0.3, 0.4) is 0 Å². The van der Waals surface area contributed by atoms with Crippen LogP contribution in [0, 0.1) is 17.2 Å². The number of aromatic nitrogens is 3. The van der Waals surface area contributed by atoms with E-state index in [9.17, 15) is 8.78 Å². The Kier molecular flexibility index (Phi) is 6.74. The summed E-state index contributed by atoms with van der Waals surface area (Å²) >= 11 is 0. The van der Waals surface area contributed by atoms with Crippen LogP contribution >= 0.6 is 0 Å². The molecule has 0 amide bonds. The number of rotatable bonds is 6. The minimum absolute atomic E-state index is 0.117. The molecule has 2 aliphatic carbocycles. The largest absolute Gasteiger partial charge is 0.341 e. The van der Waals surface area contributed by atoms with Crippen molar-refractivity contribution in [3.8, 4) is 6.07 Å². The summed E-state index contributed by atoms with van der Waals surface area (Å²) in [6.07, 6.45) is 15.8. The summed E-state index contributed by atoms with van der Waals surface area (Å²) in [5, 5.41) is 9.03. The second-order valence-corrected chi connectivity index (χ2v) is 10.4. The molecule has 1 saturated carbocycles. The van der Waals surface area contributed by atoms with Crippen molar-refractivity contribution in [3.05, 3.63) is 65.4 Å². The Morgan fingerprint density at radius 1 is 1.06 bits per heavy atom. The molecule has 1 unspecified atom stereocenters. The highest BCUT2D eigenvalue weighted by molar-refractivity contribution is 5.60. The number of pyridine rings is 1. The number of nitriles is 1. The van der Waals surface area contributed by atoms with Crippen molar-refractivity contribution in [2.75, 3.05) is 22.9 Å². The Morgan fingerprint density at radius 2 is 1.78 bits per heavy atom. The normalized spacial score (nSPS) is 21.3. The second-order valence-electron chi connectivity index (χ2n) is 10.4. The molecule has 3 aliphatic rings. The van der Waals surface area contributed by atoms with Crippen LogP contribution in [0.5, 0.6) is 0 Å². The summed E-state index contributed by atoms with van der Waals surface area (Å²) < 4.78 is 28.5. The summed E-state index contributed by atoms with van der Waals surface area (Å²) in [4.78, 5) is 17.8. The molecule has 0 radical (unpaired) electrons. The lowest BCUT2D eigenvalue weighted by Crippen LogP contribution is -2.45. The summed E-state index contributed by atoms with van der Waals surface area (Å²) in [5.41, 5.74) is 4.16. The molecule has 1 atom stereocenters. The van der Waals surface area contributed by atoms with Gasteiger partial charge in [0.2, 0.25) is 5.95 Å². The predicted molar refractivity (Wildman–Crippen MR) is 136 cm³/mol. The second kappa shape index (κ2) is 9.96. The fraction of sp³-hybridized carbons (Fsp3) is 0.500. The van der Waals surface area contributed by atoms with E-state index in [4.69, 9.17) is 5.26 Å². The molecule has 188 valence electrons. The highest BCUT2D eigenvalue weighted by Gasteiger charge is 2.35. The van der Waals surface area contributed by atoms with Gasteiger partial charge in [0, 0.05) is 37.9 Å². The van der Waals surface area contributed by atoms with Crippen LogP contribution in [0.1, 0.15) is 69.4 Å². The van der Waals surface area contributed by atoms with Gasteiger partial charge in [-0.25, -0.2) is 18.7 Å². The van der Waals surface area contributed by atoms with E-state index in [1.807, 2.05) is 18.5 Å². The van der Waals surface area contributed by atoms with E-state index in [1.165, 1.54) is 18.4 Å². The molecule has 0 N–H and O–H groups in total. The van der Waals surface area contributed by atoms with Crippen LogP contribution in [-0.4, -0.2) is 40.0 Å². The fourth-order valence-corrected chi connectivity index (χ4v) is 5.43. The standard InChI is InChI=1S/C28H32F2N6/c1-19-13-22(28(2,29)30)5-6-24(14-19)36(26-18-32-10-7-25(26)21-3-4-21)23-8-11-35(12-9-23)27-33-16-20(15-31)17-34-27/h5-7,10,16-19,21,23H,3-4,8-9,11-14H2,1-2H3. The van der Waals surface area contributed by atoms with E-state index >= 15 is 0 Å². The van der Waals surface area contributed by atoms with Crippen molar-refractivity contribution in [2.45, 2.75) is 70.3 Å². The zero-order valence-corrected chi connectivity index (χ0v) is 20.9. The van der Waals surface area contributed by atoms with Crippen LogP contribution in [-0.2, 0) is 0 Å². The molecule has 36 heavy (non-hydrogen) atoms. The van der Waals surface area contributed by atoms with Gasteiger partial charge >= 0.3 is 0 Å². The first-order valence-electron chi connectivity index (χ1n) is 12.8. The van der Waals surface area contributed by atoms with E-state index < -0.39 is 5.92 Å². The first-order valence-corrected chi connectivity index (χ1v) is 12.8. The monoisotopic (exact) mass is 490 g/mol. The molecule has 0 bridgehead atoms. The third kappa shape index (κ3) is 5.25. The summed E-state index contributed by atoms with van der Waals surface area (Å²) in [6, 6.07) is 4.41. The first kappa shape index (κ1) is 24.4. The number of anilines is 2. The molecule has 1 aliphatic heterocycles. The molecule has 2 fully saturated rings. The zero-order valence-electron chi connectivity index (χ0n) is 20.9. The summed E-state index contributed by atoms with van der Waals surface area (Å²) in [5.74, 6) is -1.51. The molecular formula is C28H32F2N6. The van der Waals surface area contributed by atoms with Gasteiger partial charge < -0.3 is 9.80 Å². The average molecular weight is 491 g/mol. The minimum atomic E-state index is -2.81. The Balaban J connectivity index is 1.45. The Bertz CT molecular complexity index is 1180. The molecule has 0 aromatic carbocycles.